The Balaban J connectivity index is 3.26. The largest absolute Gasteiger partial charge is 0.496 e. The number of benzene rings is 1. The fraction of sp³-hybridized carbons (Fsp3) is 0.385. The molecule has 0 heterocycles. The predicted octanol–water partition coefficient (Wildman–Crippen LogP) is 3.26. The smallest absolute Gasteiger partial charge is 0.435 e. The minimum Gasteiger partial charge on any atom is -0.496 e. The lowest BCUT2D eigenvalue weighted by Gasteiger charge is -2.18. The average molecular weight is 331 g/mol. The van der Waals surface area contributed by atoms with Crippen LogP contribution in [0.2, 0.25) is 0 Å². The first-order valence-corrected chi connectivity index (χ1v) is 8.21. The number of hydrogen-bond acceptors (Lipinski definition) is 7. The summed E-state index contributed by atoms with van der Waals surface area (Å²) < 4.78 is 16.9. The van der Waals surface area contributed by atoms with Crippen LogP contribution in [0.5, 0.6) is 17.2 Å². The van der Waals surface area contributed by atoms with Gasteiger partial charge in [-0.3, -0.25) is 4.79 Å². The summed E-state index contributed by atoms with van der Waals surface area (Å²) in [5.41, 5.74) is 0.203. The van der Waals surface area contributed by atoms with Gasteiger partial charge in [-0.25, -0.2) is 4.79 Å². The number of ketones is 1. The molecule has 0 saturated carbocycles. The lowest BCUT2D eigenvalue weighted by molar-refractivity contribution is 0.101. The number of methoxy groups -OCH3 is 2. The molecule has 0 saturated heterocycles. The van der Waals surface area contributed by atoms with Crippen molar-refractivity contribution >= 4 is 35.8 Å². The van der Waals surface area contributed by atoms with E-state index in [0.717, 1.165) is 0 Å². The van der Waals surface area contributed by atoms with Gasteiger partial charge < -0.3 is 14.2 Å². The highest BCUT2D eigenvalue weighted by molar-refractivity contribution is 8.12. The molecule has 0 N–H and O–H groups in total. The Morgan fingerprint density at radius 1 is 1.05 bits per heavy atom. The Hall–Kier alpha value is -1.54. The molecule has 6 nitrogen and oxygen atoms in total. The van der Waals surface area contributed by atoms with Gasteiger partial charge in [0.25, 0.3) is 0 Å². The van der Waals surface area contributed by atoms with Crippen LogP contribution in [0, 0.1) is 0 Å². The summed E-state index contributed by atoms with van der Waals surface area (Å²) in [4.78, 5) is 23.8. The predicted molar refractivity (Wildman–Crippen MR) is 84.4 cm³/mol. The molecule has 0 radical (unpaired) electrons. The Morgan fingerprint density at radius 3 is 2.05 bits per heavy atom. The van der Waals surface area contributed by atoms with E-state index in [-0.39, 0.29) is 17.1 Å². The third kappa shape index (κ3) is 4.21. The van der Waals surface area contributed by atoms with Gasteiger partial charge in [0.2, 0.25) is 0 Å². The van der Waals surface area contributed by atoms with Gasteiger partial charge in [0.15, 0.2) is 11.5 Å². The summed E-state index contributed by atoms with van der Waals surface area (Å²) in [6.07, 6.45) is 2.90. The molecule has 21 heavy (non-hydrogen) atoms. The number of carbonyl (C=O) groups excluding carboxylic acids is 2. The summed E-state index contributed by atoms with van der Waals surface area (Å²) in [6, 6.07) is 3.05. The van der Waals surface area contributed by atoms with E-state index in [4.69, 9.17) is 14.2 Å². The SMILES string of the molecule is COc1cc(OC)c(C(C)=O)c(OC(=O)N(SC)SC)c1. The maximum atomic E-state index is 12.0. The lowest BCUT2D eigenvalue weighted by atomic mass is 10.1. The summed E-state index contributed by atoms with van der Waals surface area (Å²) in [5, 5.41) is 0. The second kappa shape index (κ2) is 8.04. The first-order valence-electron chi connectivity index (χ1n) is 5.85. The van der Waals surface area contributed by atoms with E-state index < -0.39 is 6.09 Å². The van der Waals surface area contributed by atoms with E-state index in [2.05, 4.69) is 0 Å². The third-order valence-electron chi connectivity index (χ3n) is 2.53. The van der Waals surface area contributed by atoms with Crippen molar-refractivity contribution < 1.29 is 23.8 Å². The fourth-order valence-electron chi connectivity index (χ4n) is 1.63. The first-order chi connectivity index (χ1) is 9.98. The van der Waals surface area contributed by atoms with Gasteiger partial charge in [-0.2, -0.15) is 3.71 Å². The summed E-state index contributed by atoms with van der Waals surface area (Å²) in [7, 11) is 2.91. The number of Topliss-reactive ketones (excluding diaryl/α,β-unsaturated/α-hetero) is 1. The maximum absolute atomic E-state index is 12.0. The lowest BCUT2D eigenvalue weighted by Crippen LogP contribution is -2.21. The molecule has 1 aromatic rings. The second-order valence-electron chi connectivity index (χ2n) is 3.75. The highest BCUT2D eigenvalue weighted by Gasteiger charge is 2.22. The molecular weight excluding hydrogens is 314 g/mol. The molecule has 0 spiro atoms. The standard InChI is InChI=1S/C13H17NO5S2/c1-8(15)12-10(18-3)6-9(17-2)7-11(12)19-13(16)14(20-4)21-5/h6-7H,1-5H3. The van der Waals surface area contributed by atoms with Crippen molar-refractivity contribution in [1.29, 1.82) is 0 Å². The van der Waals surface area contributed by atoms with Crippen molar-refractivity contribution in [2.75, 3.05) is 26.7 Å². The molecule has 1 amide bonds. The van der Waals surface area contributed by atoms with Crippen molar-refractivity contribution in [1.82, 2.24) is 3.71 Å². The molecule has 8 heteroatoms. The van der Waals surface area contributed by atoms with Crippen LogP contribution in [0.15, 0.2) is 12.1 Å². The Morgan fingerprint density at radius 2 is 1.62 bits per heavy atom. The number of ether oxygens (including phenoxy) is 3. The van der Waals surface area contributed by atoms with Gasteiger partial charge in [-0.15, -0.1) is 0 Å². The Labute approximate surface area is 132 Å². The van der Waals surface area contributed by atoms with Gasteiger partial charge in [-0.05, 0) is 30.8 Å². The normalized spacial score (nSPS) is 9.95. The zero-order chi connectivity index (χ0) is 16.0. The van der Waals surface area contributed by atoms with Crippen molar-refractivity contribution in [3.63, 3.8) is 0 Å². The minimum atomic E-state index is -0.590. The summed E-state index contributed by atoms with van der Waals surface area (Å²) in [6.45, 7) is 1.38. The molecule has 116 valence electrons. The van der Waals surface area contributed by atoms with Crippen molar-refractivity contribution in [3.05, 3.63) is 17.7 Å². The highest BCUT2D eigenvalue weighted by Crippen LogP contribution is 2.35. The van der Waals surface area contributed by atoms with E-state index in [1.807, 2.05) is 0 Å². The van der Waals surface area contributed by atoms with Crippen LogP contribution in [0.25, 0.3) is 0 Å². The van der Waals surface area contributed by atoms with E-state index in [1.54, 1.807) is 18.6 Å². The van der Waals surface area contributed by atoms with Crippen LogP contribution in [-0.2, 0) is 0 Å². The zero-order valence-corrected chi connectivity index (χ0v) is 14.1. The molecule has 1 aromatic carbocycles. The number of rotatable bonds is 6. The van der Waals surface area contributed by atoms with E-state index >= 15 is 0 Å². The maximum Gasteiger partial charge on any atom is 0.435 e. The van der Waals surface area contributed by atoms with E-state index in [0.29, 0.717) is 11.5 Å². The van der Waals surface area contributed by atoms with Crippen LogP contribution in [0.3, 0.4) is 0 Å². The van der Waals surface area contributed by atoms with Crippen molar-refractivity contribution in [2.24, 2.45) is 0 Å². The van der Waals surface area contributed by atoms with Crippen LogP contribution in [0.1, 0.15) is 17.3 Å². The molecule has 0 unspecified atom stereocenters. The van der Waals surface area contributed by atoms with Crippen LogP contribution in [-0.4, -0.2) is 42.3 Å². The monoisotopic (exact) mass is 331 g/mol. The van der Waals surface area contributed by atoms with Crippen molar-refractivity contribution in [3.8, 4) is 17.2 Å². The van der Waals surface area contributed by atoms with Gasteiger partial charge in [0.05, 0.1) is 14.2 Å². The summed E-state index contributed by atoms with van der Waals surface area (Å²) >= 11 is 2.41. The fourth-order valence-corrected chi connectivity index (χ4v) is 2.60. The Kier molecular flexibility index (Phi) is 6.70. The molecule has 1 rings (SSSR count). The number of amides is 1. The molecule has 0 aliphatic carbocycles. The van der Waals surface area contributed by atoms with Crippen LogP contribution < -0.4 is 14.2 Å². The van der Waals surface area contributed by atoms with Crippen LogP contribution >= 0.6 is 23.9 Å². The first kappa shape index (κ1) is 17.5. The molecule has 0 fully saturated rings. The van der Waals surface area contributed by atoms with Gasteiger partial charge in [0, 0.05) is 24.6 Å². The molecule has 0 aliphatic rings. The average Bonchev–Trinajstić information content (AvgIpc) is 2.47. The van der Waals surface area contributed by atoms with E-state index in [9.17, 15) is 9.59 Å². The summed E-state index contributed by atoms with van der Waals surface area (Å²) in [5.74, 6) is 0.568. The van der Waals surface area contributed by atoms with Gasteiger partial charge >= 0.3 is 6.09 Å². The Bertz CT molecular complexity index is 532. The van der Waals surface area contributed by atoms with Gasteiger partial charge in [0.1, 0.15) is 17.1 Å². The number of hydrogen-bond donors (Lipinski definition) is 0. The molecular formula is C13H17NO5S2. The van der Waals surface area contributed by atoms with Crippen molar-refractivity contribution in [2.45, 2.75) is 6.92 Å². The number of nitrogens with zero attached hydrogens (tertiary/aromatic N) is 1. The molecule has 0 aliphatic heterocycles. The molecule has 0 atom stereocenters. The van der Waals surface area contributed by atoms with E-state index in [1.165, 1.54) is 54.8 Å². The molecule has 0 aromatic heterocycles. The van der Waals surface area contributed by atoms with Gasteiger partial charge in [-0.1, -0.05) is 0 Å². The minimum absolute atomic E-state index is 0.108. The second-order valence-corrected chi connectivity index (χ2v) is 5.44. The molecule has 0 bridgehead atoms. The number of carbonyl (C=O) groups is 2. The topological polar surface area (TPSA) is 65.1 Å². The highest BCUT2D eigenvalue weighted by atomic mass is 32.2. The quantitative estimate of drug-likeness (QED) is 0.585. The zero-order valence-electron chi connectivity index (χ0n) is 12.5. The van der Waals surface area contributed by atoms with Crippen LogP contribution in [0.4, 0.5) is 4.79 Å². The third-order valence-corrected chi connectivity index (χ3v) is 4.38.